The summed E-state index contributed by atoms with van der Waals surface area (Å²) >= 11 is 0. The lowest BCUT2D eigenvalue weighted by atomic mass is 9.47. The van der Waals surface area contributed by atoms with Crippen molar-refractivity contribution in [3.05, 3.63) is 0 Å². The molecular weight excluding hydrogens is 170 g/mol. The van der Waals surface area contributed by atoms with Gasteiger partial charge in [-0.2, -0.15) is 0 Å². The van der Waals surface area contributed by atoms with Crippen LogP contribution in [0.1, 0.15) is 51.9 Å². The molecule has 1 nitrogen and oxygen atoms in total. The quantitative estimate of drug-likeness (QED) is 0.717. The first-order valence-corrected chi connectivity index (χ1v) is 6.47. The average Bonchev–Trinajstić information content (AvgIpc) is 2.14. The number of hydrogen-bond acceptors (Lipinski definition) is 1. The van der Waals surface area contributed by atoms with Crippen molar-refractivity contribution in [3.63, 3.8) is 0 Å². The van der Waals surface area contributed by atoms with Crippen LogP contribution in [-0.2, 0) is 0 Å². The van der Waals surface area contributed by atoms with Crippen LogP contribution in [0.25, 0.3) is 0 Å². The van der Waals surface area contributed by atoms with Crippen molar-refractivity contribution < 1.29 is 0 Å². The Morgan fingerprint density at radius 1 is 1.07 bits per heavy atom. The third kappa shape index (κ3) is 1.18. The molecule has 0 aliphatic heterocycles. The van der Waals surface area contributed by atoms with E-state index in [2.05, 4.69) is 6.92 Å². The molecule has 0 saturated heterocycles. The van der Waals surface area contributed by atoms with Crippen LogP contribution < -0.4 is 5.73 Å². The minimum absolute atomic E-state index is 0.496. The van der Waals surface area contributed by atoms with Crippen LogP contribution >= 0.6 is 0 Å². The summed E-state index contributed by atoms with van der Waals surface area (Å²) in [5.41, 5.74) is 6.96. The van der Waals surface area contributed by atoms with E-state index >= 15 is 0 Å². The summed E-state index contributed by atoms with van der Waals surface area (Å²) in [6.07, 6.45) is 10.2. The van der Waals surface area contributed by atoms with E-state index in [1.165, 1.54) is 44.9 Å². The summed E-state index contributed by atoms with van der Waals surface area (Å²) in [6, 6.07) is 0.496. The molecule has 0 spiro atoms. The highest BCUT2D eigenvalue weighted by Crippen LogP contribution is 2.61. The number of rotatable bonds is 2. The average molecular weight is 193 g/mol. The molecule has 1 heteroatoms. The first kappa shape index (κ1) is 9.21. The molecule has 4 aliphatic rings. The van der Waals surface area contributed by atoms with Crippen LogP contribution in [0.15, 0.2) is 0 Å². The minimum Gasteiger partial charge on any atom is -0.327 e. The van der Waals surface area contributed by atoms with Gasteiger partial charge in [-0.25, -0.2) is 0 Å². The predicted molar refractivity (Wildman–Crippen MR) is 58.9 cm³/mol. The van der Waals surface area contributed by atoms with E-state index in [1.54, 1.807) is 0 Å². The van der Waals surface area contributed by atoms with Gasteiger partial charge in [0, 0.05) is 6.04 Å². The third-order valence-electron chi connectivity index (χ3n) is 5.31. The molecule has 2 N–H and O–H groups in total. The maximum atomic E-state index is 6.37. The molecule has 4 fully saturated rings. The Hall–Kier alpha value is -0.0400. The lowest BCUT2D eigenvalue weighted by molar-refractivity contribution is -0.0673. The topological polar surface area (TPSA) is 26.0 Å². The highest BCUT2D eigenvalue weighted by atomic mass is 14.7. The van der Waals surface area contributed by atoms with Crippen LogP contribution in [0.3, 0.4) is 0 Å². The highest BCUT2D eigenvalue weighted by molar-refractivity contribution is 5.05. The van der Waals surface area contributed by atoms with Crippen LogP contribution in [0.4, 0.5) is 0 Å². The molecule has 0 heterocycles. The van der Waals surface area contributed by atoms with E-state index in [0.29, 0.717) is 11.5 Å². The van der Waals surface area contributed by atoms with Gasteiger partial charge in [0.15, 0.2) is 0 Å². The fraction of sp³-hybridized carbons (Fsp3) is 1.00. The zero-order valence-corrected chi connectivity index (χ0v) is 9.34. The first-order valence-electron chi connectivity index (χ1n) is 6.47. The Balaban J connectivity index is 1.87. The number of nitrogens with two attached hydrogens (primary N) is 1. The van der Waals surface area contributed by atoms with Gasteiger partial charge in [0.1, 0.15) is 0 Å². The van der Waals surface area contributed by atoms with Crippen LogP contribution in [-0.4, -0.2) is 6.04 Å². The smallest absolute Gasteiger partial charge is 0.00932 e. The minimum atomic E-state index is 0.496. The van der Waals surface area contributed by atoms with Crippen molar-refractivity contribution in [2.24, 2.45) is 28.9 Å². The predicted octanol–water partition coefficient (Wildman–Crippen LogP) is 2.94. The largest absolute Gasteiger partial charge is 0.327 e. The van der Waals surface area contributed by atoms with Gasteiger partial charge in [-0.15, -0.1) is 0 Å². The molecular formula is C13H23N. The molecule has 0 radical (unpaired) electrons. The van der Waals surface area contributed by atoms with Gasteiger partial charge in [0.2, 0.25) is 0 Å². The van der Waals surface area contributed by atoms with Gasteiger partial charge < -0.3 is 5.73 Å². The maximum absolute atomic E-state index is 6.37. The molecule has 1 atom stereocenters. The summed E-state index contributed by atoms with van der Waals surface area (Å²) in [7, 11) is 0. The van der Waals surface area contributed by atoms with Crippen molar-refractivity contribution in [1.29, 1.82) is 0 Å². The molecule has 4 saturated carbocycles. The van der Waals surface area contributed by atoms with Crippen molar-refractivity contribution in [2.75, 3.05) is 0 Å². The molecule has 0 unspecified atom stereocenters. The van der Waals surface area contributed by atoms with E-state index in [1.807, 2.05) is 0 Å². The molecule has 4 aliphatic carbocycles. The second-order valence-electron chi connectivity index (χ2n) is 6.29. The summed E-state index contributed by atoms with van der Waals surface area (Å²) < 4.78 is 0. The molecule has 80 valence electrons. The van der Waals surface area contributed by atoms with Gasteiger partial charge in [0.05, 0.1) is 0 Å². The van der Waals surface area contributed by atoms with Gasteiger partial charge in [-0.1, -0.05) is 6.92 Å². The SMILES string of the molecule is CC[C@H](N)C12CC3CC(CC(C3)C1)C2. The molecule has 4 rings (SSSR count). The number of hydrogen-bond donors (Lipinski definition) is 1. The standard InChI is InChI=1S/C13H23N/c1-2-12(14)13-6-9-3-10(7-13)5-11(4-9)8-13/h9-12H,2-8,14H2,1H3/t9?,10?,11?,12-,13?/m0/s1. The van der Waals surface area contributed by atoms with Crippen LogP contribution in [0.5, 0.6) is 0 Å². The zero-order valence-electron chi connectivity index (χ0n) is 9.34. The van der Waals surface area contributed by atoms with Gasteiger partial charge in [0.25, 0.3) is 0 Å². The Bertz CT molecular complexity index is 198. The Morgan fingerprint density at radius 3 is 1.86 bits per heavy atom. The maximum Gasteiger partial charge on any atom is 0.00932 e. The second-order valence-corrected chi connectivity index (χ2v) is 6.29. The van der Waals surface area contributed by atoms with Crippen molar-refractivity contribution in [3.8, 4) is 0 Å². The molecule has 4 bridgehead atoms. The Labute approximate surface area is 87.4 Å². The van der Waals surface area contributed by atoms with E-state index in [0.717, 1.165) is 17.8 Å². The molecule has 14 heavy (non-hydrogen) atoms. The van der Waals surface area contributed by atoms with E-state index in [4.69, 9.17) is 5.73 Å². The summed E-state index contributed by atoms with van der Waals surface area (Å²) in [5, 5.41) is 0. The monoisotopic (exact) mass is 193 g/mol. The van der Waals surface area contributed by atoms with E-state index < -0.39 is 0 Å². The first-order chi connectivity index (χ1) is 6.72. The van der Waals surface area contributed by atoms with Gasteiger partial charge >= 0.3 is 0 Å². The molecule has 0 amide bonds. The zero-order chi connectivity index (χ0) is 9.76. The molecule has 0 aromatic heterocycles. The fourth-order valence-electron chi connectivity index (χ4n) is 5.06. The Kier molecular flexibility index (Phi) is 1.96. The third-order valence-corrected chi connectivity index (χ3v) is 5.31. The van der Waals surface area contributed by atoms with Crippen LogP contribution in [0.2, 0.25) is 0 Å². The summed E-state index contributed by atoms with van der Waals surface area (Å²) in [5.74, 6) is 3.16. The van der Waals surface area contributed by atoms with Gasteiger partial charge in [-0.3, -0.25) is 0 Å². The molecule has 0 aromatic carbocycles. The van der Waals surface area contributed by atoms with Gasteiger partial charge in [-0.05, 0) is 68.1 Å². The summed E-state index contributed by atoms with van der Waals surface area (Å²) in [6.45, 7) is 2.27. The fourth-order valence-corrected chi connectivity index (χ4v) is 5.06. The van der Waals surface area contributed by atoms with Crippen molar-refractivity contribution in [1.82, 2.24) is 0 Å². The Morgan fingerprint density at radius 2 is 1.50 bits per heavy atom. The van der Waals surface area contributed by atoms with Crippen molar-refractivity contribution >= 4 is 0 Å². The lowest BCUT2D eigenvalue weighted by Gasteiger charge is -2.59. The normalized spacial score (nSPS) is 52.3. The van der Waals surface area contributed by atoms with Crippen molar-refractivity contribution in [2.45, 2.75) is 57.9 Å². The van der Waals surface area contributed by atoms with E-state index in [9.17, 15) is 0 Å². The van der Waals surface area contributed by atoms with E-state index in [-0.39, 0.29) is 0 Å². The molecule has 0 aromatic rings. The summed E-state index contributed by atoms with van der Waals surface area (Å²) in [4.78, 5) is 0. The highest BCUT2D eigenvalue weighted by Gasteiger charge is 2.52. The van der Waals surface area contributed by atoms with Crippen LogP contribution in [0, 0.1) is 23.2 Å². The second kappa shape index (κ2) is 2.98. The lowest BCUT2D eigenvalue weighted by Crippen LogP contribution is -2.54.